The topological polar surface area (TPSA) is 54.0 Å². The first-order chi connectivity index (χ1) is 12.1. The molecule has 0 aliphatic rings. The highest BCUT2D eigenvalue weighted by atomic mass is 79.9. The van der Waals surface area contributed by atoms with Gasteiger partial charge in [0.2, 0.25) is 0 Å². The second-order valence-electron chi connectivity index (χ2n) is 5.03. The minimum Gasteiger partial charge on any atom is -0.493 e. The molecule has 0 aliphatic heterocycles. The van der Waals surface area contributed by atoms with E-state index in [0.717, 1.165) is 15.6 Å². The predicted octanol–water partition coefficient (Wildman–Crippen LogP) is 4.40. The van der Waals surface area contributed by atoms with Crippen LogP contribution in [0.4, 0.5) is 0 Å². The summed E-state index contributed by atoms with van der Waals surface area (Å²) in [4.78, 5) is 11.4. The summed E-state index contributed by atoms with van der Waals surface area (Å²) in [6.07, 6.45) is 3.89. The van der Waals surface area contributed by atoms with Crippen LogP contribution >= 0.6 is 15.9 Å². The zero-order chi connectivity index (χ0) is 18.2. The Morgan fingerprint density at radius 3 is 2.32 bits per heavy atom. The van der Waals surface area contributed by atoms with E-state index in [-0.39, 0.29) is 12.8 Å². The first-order valence-electron chi connectivity index (χ1n) is 7.44. The molecule has 0 N–H and O–H groups in total. The van der Waals surface area contributed by atoms with Gasteiger partial charge in [-0.15, -0.1) is 0 Å². The Morgan fingerprint density at radius 1 is 1.04 bits per heavy atom. The van der Waals surface area contributed by atoms with Crippen molar-refractivity contribution in [1.82, 2.24) is 0 Å². The highest BCUT2D eigenvalue weighted by Crippen LogP contribution is 2.37. The molecular formula is C19H19BrO5. The number of hydrogen-bond donors (Lipinski definition) is 0. The molecule has 0 aliphatic carbocycles. The van der Waals surface area contributed by atoms with E-state index in [0.29, 0.717) is 17.1 Å². The first kappa shape index (κ1) is 19.0. The quantitative estimate of drug-likeness (QED) is 0.387. The number of hydrogen-bond acceptors (Lipinski definition) is 5. The fourth-order valence-electron chi connectivity index (χ4n) is 2.13. The number of carbonyl (C=O) groups is 1. The summed E-state index contributed by atoms with van der Waals surface area (Å²) in [7, 11) is 4.50. The number of halogens is 1. The standard InChI is InChI=1S/C19H19BrO5/c1-22-12-25-18-16(20)10-14(11-17(18)23-2)5-4-13-6-8-15(9-7-13)19(21)24-3/h4-11H,12H2,1-3H3. The third kappa shape index (κ3) is 5.08. The molecule has 2 aromatic rings. The molecule has 5 nitrogen and oxygen atoms in total. The summed E-state index contributed by atoms with van der Waals surface area (Å²) >= 11 is 3.48. The maximum Gasteiger partial charge on any atom is 0.337 e. The summed E-state index contributed by atoms with van der Waals surface area (Å²) in [6, 6.07) is 10.9. The molecule has 0 spiro atoms. The largest absolute Gasteiger partial charge is 0.493 e. The SMILES string of the molecule is COCOc1c(Br)cc(C=Cc2ccc(C(=O)OC)cc2)cc1OC. The average molecular weight is 407 g/mol. The lowest BCUT2D eigenvalue weighted by Gasteiger charge is -2.12. The van der Waals surface area contributed by atoms with Gasteiger partial charge in [0.05, 0.1) is 24.3 Å². The predicted molar refractivity (Wildman–Crippen MR) is 99.9 cm³/mol. The number of benzene rings is 2. The van der Waals surface area contributed by atoms with E-state index in [1.165, 1.54) is 7.11 Å². The van der Waals surface area contributed by atoms with Crippen LogP contribution in [0.2, 0.25) is 0 Å². The fraction of sp³-hybridized carbons (Fsp3) is 0.211. The van der Waals surface area contributed by atoms with Crippen LogP contribution < -0.4 is 9.47 Å². The van der Waals surface area contributed by atoms with Crippen LogP contribution in [0, 0.1) is 0 Å². The molecule has 2 aromatic carbocycles. The van der Waals surface area contributed by atoms with Crippen LogP contribution in [0.1, 0.15) is 21.5 Å². The van der Waals surface area contributed by atoms with E-state index in [2.05, 4.69) is 20.7 Å². The van der Waals surface area contributed by atoms with Gasteiger partial charge in [-0.05, 0) is 51.3 Å². The van der Waals surface area contributed by atoms with Crippen LogP contribution in [0.5, 0.6) is 11.5 Å². The molecule has 0 saturated heterocycles. The Balaban J connectivity index is 2.20. The van der Waals surface area contributed by atoms with Gasteiger partial charge in [0.1, 0.15) is 0 Å². The van der Waals surface area contributed by atoms with Crippen molar-refractivity contribution in [3.05, 3.63) is 57.6 Å². The number of carbonyl (C=O) groups excluding carboxylic acids is 1. The second kappa shape index (κ2) is 9.25. The van der Waals surface area contributed by atoms with Crippen molar-refractivity contribution in [3.8, 4) is 11.5 Å². The Hall–Kier alpha value is -2.31. The molecule has 0 aromatic heterocycles. The minimum absolute atomic E-state index is 0.136. The highest BCUT2D eigenvalue weighted by molar-refractivity contribution is 9.10. The Labute approximate surface area is 155 Å². The maximum atomic E-state index is 11.4. The van der Waals surface area contributed by atoms with Crippen LogP contribution in [0.3, 0.4) is 0 Å². The van der Waals surface area contributed by atoms with Crippen LogP contribution in [0.25, 0.3) is 12.2 Å². The Morgan fingerprint density at radius 2 is 1.72 bits per heavy atom. The van der Waals surface area contributed by atoms with E-state index < -0.39 is 0 Å². The zero-order valence-electron chi connectivity index (χ0n) is 14.2. The van der Waals surface area contributed by atoms with Crippen molar-refractivity contribution in [2.45, 2.75) is 0 Å². The third-order valence-electron chi connectivity index (χ3n) is 3.37. The number of methoxy groups -OCH3 is 3. The molecule has 25 heavy (non-hydrogen) atoms. The highest BCUT2D eigenvalue weighted by Gasteiger charge is 2.11. The van der Waals surface area contributed by atoms with Crippen molar-refractivity contribution in [2.75, 3.05) is 28.1 Å². The molecular weight excluding hydrogens is 388 g/mol. The van der Waals surface area contributed by atoms with Crippen LogP contribution in [0.15, 0.2) is 40.9 Å². The van der Waals surface area contributed by atoms with Gasteiger partial charge in [-0.25, -0.2) is 4.79 Å². The van der Waals surface area contributed by atoms with Gasteiger partial charge < -0.3 is 18.9 Å². The molecule has 6 heteroatoms. The lowest BCUT2D eigenvalue weighted by atomic mass is 10.1. The van der Waals surface area contributed by atoms with E-state index >= 15 is 0 Å². The van der Waals surface area contributed by atoms with Crippen molar-refractivity contribution < 1.29 is 23.7 Å². The first-order valence-corrected chi connectivity index (χ1v) is 8.24. The smallest absolute Gasteiger partial charge is 0.337 e. The molecule has 132 valence electrons. The van der Waals surface area contributed by atoms with E-state index in [1.54, 1.807) is 26.4 Å². The molecule has 0 unspecified atom stereocenters. The third-order valence-corrected chi connectivity index (χ3v) is 3.96. The summed E-state index contributed by atoms with van der Waals surface area (Å²) in [5.41, 5.74) is 2.41. The van der Waals surface area contributed by atoms with Gasteiger partial charge in [0.25, 0.3) is 0 Å². The van der Waals surface area contributed by atoms with Crippen LogP contribution in [-0.4, -0.2) is 34.1 Å². The van der Waals surface area contributed by atoms with Gasteiger partial charge in [0, 0.05) is 7.11 Å². The van der Waals surface area contributed by atoms with Gasteiger partial charge in [-0.2, -0.15) is 0 Å². The van der Waals surface area contributed by atoms with Gasteiger partial charge >= 0.3 is 5.97 Å². The number of esters is 1. The maximum absolute atomic E-state index is 11.4. The van der Waals surface area contributed by atoms with E-state index in [1.807, 2.05) is 36.4 Å². The van der Waals surface area contributed by atoms with Crippen LogP contribution in [-0.2, 0) is 9.47 Å². The lowest BCUT2D eigenvalue weighted by molar-refractivity contribution is 0.0486. The molecule has 0 atom stereocenters. The summed E-state index contributed by atoms with van der Waals surface area (Å²) in [5.74, 6) is 0.840. The van der Waals surface area contributed by atoms with Gasteiger partial charge in [-0.1, -0.05) is 24.3 Å². The van der Waals surface area contributed by atoms with Crippen molar-refractivity contribution in [1.29, 1.82) is 0 Å². The molecule has 2 rings (SSSR count). The Kier molecular flexibility index (Phi) is 7.03. The number of rotatable bonds is 7. The average Bonchev–Trinajstić information content (AvgIpc) is 2.64. The summed E-state index contributed by atoms with van der Waals surface area (Å²) < 4.78 is 21.3. The molecule has 0 bridgehead atoms. The molecule has 0 heterocycles. The van der Waals surface area contributed by atoms with E-state index in [4.69, 9.17) is 14.2 Å². The molecule has 0 radical (unpaired) electrons. The van der Waals surface area contributed by atoms with Crippen molar-refractivity contribution >= 4 is 34.1 Å². The molecule has 0 fully saturated rings. The zero-order valence-corrected chi connectivity index (χ0v) is 15.8. The van der Waals surface area contributed by atoms with Gasteiger partial charge in [0.15, 0.2) is 18.3 Å². The fourth-order valence-corrected chi connectivity index (χ4v) is 2.71. The van der Waals surface area contributed by atoms with Crippen molar-refractivity contribution in [2.24, 2.45) is 0 Å². The van der Waals surface area contributed by atoms with Gasteiger partial charge in [-0.3, -0.25) is 0 Å². The Bertz CT molecular complexity index is 753. The number of ether oxygens (including phenoxy) is 4. The normalized spacial score (nSPS) is 10.7. The molecule has 0 saturated carbocycles. The minimum atomic E-state index is -0.351. The monoisotopic (exact) mass is 406 g/mol. The lowest BCUT2D eigenvalue weighted by Crippen LogP contribution is -2.01. The van der Waals surface area contributed by atoms with Crippen molar-refractivity contribution in [3.63, 3.8) is 0 Å². The second-order valence-corrected chi connectivity index (χ2v) is 5.89. The summed E-state index contributed by atoms with van der Waals surface area (Å²) in [5, 5.41) is 0. The summed E-state index contributed by atoms with van der Waals surface area (Å²) in [6.45, 7) is 0.136. The van der Waals surface area contributed by atoms with E-state index in [9.17, 15) is 4.79 Å². The molecule has 0 amide bonds.